The number of hydrogen-bond donors (Lipinski definition) is 1. The van der Waals surface area contributed by atoms with Gasteiger partial charge in [0, 0.05) is 29.3 Å². The van der Waals surface area contributed by atoms with Crippen LogP contribution in [0.4, 0.5) is 0 Å². The zero-order chi connectivity index (χ0) is 22.8. The first-order chi connectivity index (χ1) is 15.4. The van der Waals surface area contributed by atoms with E-state index in [9.17, 15) is 14.7 Å². The lowest BCUT2D eigenvalue weighted by Crippen LogP contribution is -2.36. The van der Waals surface area contributed by atoms with Gasteiger partial charge in [-0.2, -0.15) is 0 Å². The van der Waals surface area contributed by atoms with Gasteiger partial charge in [-0.3, -0.25) is 9.59 Å². The van der Waals surface area contributed by atoms with E-state index in [0.29, 0.717) is 34.3 Å². The summed E-state index contributed by atoms with van der Waals surface area (Å²) in [6.07, 6.45) is 1.51. The molecule has 2 atom stereocenters. The summed E-state index contributed by atoms with van der Waals surface area (Å²) < 4.78 is 16.6. The van der Waals surface area contributed by atoms with Gasteiger partial charge in [0.25, 0.3) is 11.7 Å². The number of rotatable bonds is 6. The Balaban J connectivity index is 1.89. The number of halogens is 1. The van der Waals surface area contributed by atoms with Gasteiger partial charge >= 0.3 is 0 Å². The largest absolute Gasteiger partial charge is 0.507 e. The zero-order valence-corrected chi connectivity index (χ0v) is 18.6. The molecule has 0 aliphatic carbocycles. The van der Waals surface area contributed by atoms with Crippen molar-refractivity contribution in [2.24, 2.45) is 0 Å². The lowest BCUT2D eigenvalue weighted by Gasteiger charge is -2.28. The molecule has 1 amide bonds. The Morgan fingerprint density at radius 3 is 2.53 bits per heavy atom. The minimum absolute atomic E-state index is 0.0122. The van der Waals surface area contributed by atoms with E-state index in [2.05, 4.69) is 0 Å². The fourth-order valence-electron chi connectivity index (χ4n) is 4.22. The maximum absolute atomic E-state index is 13.2. The fraction of sp³-hybridized carbons (Fsp3) is 0.333. The van der Waals surface area contributed by atoms with Crippen molar-refractivity contribution >= 4 is 29.1 Å². The third kappa shape index (κ3) is 4.06. The van der Waals surface area contributed by atoms with E-state index in [0.717, 1.165) is 12.8 Å². The molecule has 0 saturated carbocycles. The molecule has 2 aliphatic rings. The zero-order valence-electron chi connectivity index (χ0n) is 17.8. The molecule has 4 rings (SSSR count). The van der Waals surface area contributed by atoms with Crippen LogP contribution in [-0.2, 0) is 14.3 Å². The average Bonchev–Trinajstić information content (AvgIpc) is 3.41. The summed E-state index contributed by atoms with van der Waals surface area (Å²) in [7, 11) is 3.04. The number of ketones is 1. The standard InChI is InChI=1S/C24H24ClNO6/c1-30-16-9-10-19(31-2)18(12-16)21-20(22(27)14-5-7-15(25)8-6-14)23(28)24(29)26(21)13-17-4-3-11-32-17/h5-10,12,17,21,27H,3-4,11,13H2,1-2H3/b22-20+/t17-,21+/m0/s1. The molecule has 0 aromatic heterocycles. The maximum Gasteiger partial charge on any atom is 0.295 e. The molecule has 2 aromatic rings. The molecule has 0 unspecified atom stereocenters. The first-order valence-corrected chi connectivity index (χ1v) is 10.7. The molecule has 2 heterocycles. The molecule has 8 heteroatoms. The summed E-state index contributed by atoms with van der Waals surface area (Å²) in [5.41, 5.74) is 0.915. The topological polar surface area (TPSA) is 85.3 Å². The first-order valence-electron chi connectivity index (χ1n) is 10.3. The number of aliphatic hydroxyl groups is 1. The molecular formula is C24H24ClNO6. The number of methoxy groups -OCH3 is 2. The second-order valence-corrected chi connectivity index (χ2v) is 8.14. The van der Waals surface area contributed by atoms with E-state index >= 15 is 0 Å². The van der Waals surface area contributed by atoms with Gasteiger partial charge in [0.1, 0.15) is 17.3 Å². The normalized spacial score (nSPS) is 22.4. The summed E-state index contributed by atoms with van der Waals surface area (Å²) in [6.45, 7) is 0.847. The van der Waals surface area contributed by atoms with Crippen LogP contribution in [-0.4, -0.2) is 55.2 Å². The summed E-state index contributed by atoms with van der Waals surface area (Å²) in [4.78, 5) is 27.7. The molecule has 7 nitrogen and oxygen atoms in total. The number of amides is 1. The van der Waals surface area contributed by atoms with Gasteiger partial charge in [0.2, 0.25) is 0 Å². The summed E-state index contributed by atoms with van der Waals surface area (Å²) in [5.74, 6) is -0.715. The Bertz CT molecular complexity index is 1060. The Hall–Kier alpha value is -3.03. The number of hydrogen-bond acceptors (Lipinski definition) is 6. The van der Waals surface area contributed by atoms with Crippen molar-refractivity contribution in [2.75, 3.05) is 27.4 Å². The van der Waals surface area contributed by atoms with E-state index in [4.69, 9.17) is 25.8 Å². The smallest absolute Gasteiger partial charge is 0.295 e. The van der Waals surface area contributed by atoms with Crippen molar-refractivity contribution in [3.05, 3.63) is 64.2 Å². The summed E-state index contributed by atoms with van der Waals surface area (Å²) >= 11 is 5.97. The van der Waals surface area contributed by atoms with E-state index in [-0.39, 0.29) is 24.0 Å². The molecule has 0 bridgehead atoms. The van der Waals surface area contributed by atoms with Gasteiger partial charge in [0.15, 0.2) is 0 Å². The molecule has 2 aromatic carbocycles. The predicted octanol–water partition coefficient (Wildman–Crippen LogP) is 3.96. The van der Waals surface area contributed by atoms with Crippen LogP contribution >= 0.6 is 11.6 Å². The Kier molecular flexibility index (Phi) is 6.39. The first kappa shape index (κ1) is 22.2. The van der Waals surface area contributed by atoms with Crippen molar-refractivity contribution in [2.45, 2.75) is 25.0 Å². The quantitative estimate of drug-likeness (QED) is 0.401. The van der Waals surface area contributed by atoms with Gasteiger partial charge in [-0.1, -0.05) is 11.6 Å². The highest BCUT2D eigenvalue weighted by Crippen LogP contribution is 2.44. The van der Waals surface area contributed by atoms with E-state index in [1.807, 2.05) is 0 Å². The predicted molar refractivity (Wildman–Crippen MR) is 119 cm³/mol. The van der Waals surface area contributed by atoms with Crippen LogP contribution in [0.1, 0.15) is 30.0 Å². The van der Waals surface area contributed by atoms with Crippen molar-refractivity contribution in [3.8, 4) is 11.5 Å². The molecular weight excluding hydrogens is 434 g/mol. The lowest BCUT2D eigenvalue weighted by molar-refractivity contribution is -0.140. The van der Waals surface area contributed by atoms with Crippen LogP contribution in [0.3, 0.4) is 0 Å². The van der Waals surface area contributed by atoms with Gasteiger partial charge < -0.3 is 24.2 Å². The van der Waals surface area contributed by atoms with Crippen LogP contribution in [0.5, 0.6) is 11.5 Å². The van der Waals surface area contributed by atoms with Crippen molar-refractivity contribution in [3.63, 3.8) is 0 Å². The molecule has 2 aliphatic heterocycles. The van der Waals surface area contributed by atoms with Crippen molar-refractivity contribution in [1.82, 2.24) is 4.90 Å². The molecule has 32 heavy (non-hydrogen) atoms. The SMILES string of the molecule is COc1ccc(OC)c([C@@H]2/C(=C(\O)c3ccc(Cl)cc3)C(=O)C(=O)N2C[C@@H]2CCCO2)c1. The van der Waals surface area contributed by atoms with Gasteiger partial charge in [-0.25, -0.2) is 0 Å². The molecule has 2 saturated heterocycles. The average molecular weight is 458 g/mol. The Labute approximate surface area is 191 Å². The number of nitrogens with zero attached hydrogens (tertiary/aromatic N) is 1. The van der Waals surface area contributed by atoms with Crippen LogP contribution in [0.15, 0.2) is 48.0 Å². The highest BCUT2D eigenvalue weighted by atomic mass is 35.5. The van der Waals surface area contributed by atoms with Crippen LogP contribution < -0.4 is 9.47 Å². The summed E-state index contributed by atoms with van der Waals surface area (Å²) in [6, 6.07) is 10.7. The highest BCUT2D eigenvalue weighted by Gasteiger charge is 2.48. The van der Waals surface area contributed by atoms with E-state index in [1.54, 1.807) is 42.5 Å². The number of likely N-dealkylation sites (tertiary alicyclic amines) is 1. The fourth-order valence-corrected chi connectivity index (χ4v) is 4.34. The number of Topliss-reactive ketones (excluding diaryl/α,β-unsaturated/α-hetero) is 1. The molecule has 2 fully saturated rings. The monoisotopic (exact) mass is 457 g/mol. The third-order valence-corrected chi connectivity index (χ3v) is 6.07. The number of carbonyl (C=O) groups excluding carboxylic acids is 2. The number of carbonyl (C=O) groups is 2. The number of benzene rings is 2. The van der Waals surface area contributed by atoms with Crippen molar-refractivity contribution < 1.29 is 28.9 Å². The second kappa shape index (κ2) is 9.22. The van der Waals surface area contributed by atoms with E-state index in [1.165, 1.54) is 19.1 Å². The molecule has 0 radical (unpaired) electrons. The highest BCUT2D eigenvalue weighted by molar-refractivity contribution is 6.46. The minimum Gasteiger partial charge on any atom is -0.507 e. The van der Waals surface area contributed by atoms with E-state index < -0.39 is 17.7 Å². The van der Waals surface area contributed by atoms with Crippen molar-refractivity contribution in [1.29, 1.82) is 0 Å². The summed E-state index contributed by atoms with van der Waals surface area (Å²) in [5, 5.41) is 11.6. The van der Waals surface area contributed by atoms with Crippen LogP contribution in [0.2, 0.25) is 5.02 Å². The minimum atomic E-state index is -0.861. The van der Waals surface area contributed by atoms with Crippen LogP contribution in [0.25, 0.3) is 5.76 Å². The molecule has 0 spiro atoms. The second-order valence-electron chi connectivity index (χ2n) is 7.70. The van der Waals surface area contributed by atoms with Gasteiger partial charge in [-0.05, 0) is 55.3 Å². The third-order valence-electron chi connectivity index (χ3n) is 5.81. The van der Waals surface area contributed by atoms with Gasteiger partial charge in [-0.15, -0.1) is 0 Å². The Morgan fingerprint density at radius 1 is 1.16 bits per heavy atom. The molecule has 1 N–H and O–H groups in total. The number of ether oxygens (including phenoxy) is 3. The Morgan fingerprint density at radius 2 is 1.91 bits per heavy atom. The van der Waals surface area contributed by atoms with Gasteiger partial charge in [0.05, 0.1) is 31.9 Å². The molecule has 168 valence electrons. The number of aliphatic hydroxyl groups excluding tert-OH is 1. The lowest BCUT2D eigenvalue weighted by atomic mass is 9.94. The van der Waals surface area contributed by atoms with Crippen LogP contribution in [0, 0.1) is 0 Å². The maximum atomic E-state index is 13.2.